The molecule has 6 heteroatoms. The van der Waals surface area contributed by atoms with Gasteiger partial charge in [-0.2, -0.15) is 0 Å². The molecule has 0 unspecified atom stereocenters. The van der Waals surface area contributed by atoms with Crippen molar-refractivity contribution in [2.45, 2.75) is 27.7 Å². The Morgan fingerprint density at radius 3 is 2.11 bits per heavy atom. The van der Waals surface area contributed by atoms with Crippen molar-refractivity contribution in [2.24, 2.45) is 0 Å². The summed E-state index contributed by atoms with van der Waals surface area (Å²) >= 11 is 6.13. The van der Waals surface area contributed by atoms with Gasteiger partial charge in [0.05, 0.1) is 0 Å². The van der Waals surface area contributed by atoms with Crippen molar-refractivity contribution < 1.29 is 14.3 Å². The number of anilines is 1. The van der Waals surface area contributed by atoms with Crippen molar-refractivity contribution in [1.82, 2.24) is 4.90 Å². The minimum atomic E-state index is -0.275. The third-order valence-corrected chi connectivity index (χ3v) is 4.84. The van der Waals surface area contributed by atoms with Crippen molar-refractivity contribution in [3.63, 3.8) is 0 Å². The predicted octanol–water partition coefficient (Wildman–Crippen LogP) is 4.46. The second-order valence-electron chi connectivity index (χ2n) is 6.26. The first kappa shape index (κ1) is 20.8. The molecule has 0 bridgehead atoms. The van der Waals surface area contributed by atoms with Gasteiger partial charge in [-0.05, 0) is 75.2 Å². The molecule has 0 aliphatic heterocycles. The Hall–Kier alpha value is -2.53. The smallest absolute Gasteiger partial charge is 0.262 e. The maximum Gasteiger partial charge on any atom is 0.262 e. The molecule has 0 atom stereocenters. The Morgan fingerprint density at radius 1 is 1.04 bits per heavy atom. The van der Waals surface area contributed by atoms with E-state index < -0.39 is 0 Å². The van der Waals surface area contributed by atoms with E-state index in [9.17, 15) is 9.59 Å². The highest BCUT2D eigenvalue weighted by atomic mass is 35.5. The highest BCUT2D eigenvalue weighted by Gasteiger charge is 2.12. The fraction of sp³-hybridized carbons (Fsp3) is 0.333. The summed E-state index contributed by atoms with van der Waals surface area (Å²) in [6, 6.07) is 10.5. The molecule has 2 rings (SSSR count). The van der Waals surface area contributed by atoms with Crippen molar-refractivity contribution in [1.29, 1.82) is 0 Å². The fourth-order valence-corrected chi connectivity index (χ4v) is 2.83. The molecule has 0 aliphatic rings. The van der Waals surface area contributed by atoms with Crippen LogP contribution in [0.3, 0.4) is 0 Å². The van der Waals surface area contributed by atoms with Gasteiger partial charge in [0, 0.05) is 29.4 Å². The van der Waals surface area contributed by atoms with Gasteiger partial charge in [0.2, 0.25) is 0 Å². The highest BCUT2D eigenvalue weighted by molar-refractivity contribution is 6.32. The molecular formula is C21H25ClN2O3. The maximum atomic E-state index is 12.3. The quantitative estimate of drug-likeness (QED) is 0.761. The van der Waals surface area contributed by atoms with E-state index in [-0.39, 0.29) is 18.4 Å². The van der Waals surface area contributed by atoms with Gasteiger partial charge in [-0.15, -0.1) is 0 Å². The monoisotopic (exact) mass is 388 g/mol. The van der Waals surface area contributed by atoms with Crippen molar-refractivity contribution >= 4 is 29.1 Å². The topological polar surface area (TPSA) is 58.6 Å². The molecule has 0 aliphatic carbocycles. The molecule has 27 heavy (non-hydrogen) atoms. The summed E-state index contributed by atoms with van der Waals surface area (Å²) in [6.45, 7) is 8.89. The second-order valence-corrected chi connectivity index (χ2v) is 6.64. The van der Waals surface area contributed by atoms with Gasteiger partial charge < -0.3 is 15.0 Å². The van der Waals surface area contributed by atoms with E-state index in [1.54, 1.807) is 41.3 Å². The number of hydrogen-bond acceptors (Lipinski definition) is 3. The van der Waals surface area contributed by atoms with Crippen LogP contribution in [-0.2, 0) is 4.79 Å². The first-order chi connectivity index (χ1) is 12.8. The third kappa shape index (κ3) is 5.47. The number of amides is 2. The lowest BCUT2D eigenvalue weighted by Gasteiger charge is -2.18. The van der Waals surface area contributed by atoms with Gasteiger partial charge in [-0.3, -0.25) is 9.59 Å². The van der Waals surface area contributed by atoms with Crippen LogP contribution in [0, 0.1) is 13.8 Å². The summed E-state index contributed by atoms with van der Waals surface area (Å²) in [7, 11) is 0. The first-order valence-electron chi connectivity index (χ1n) is 8.94. The summed E-state index contributed by atoms with van der Waals surface area (Å²) in [5.74, 6) is 0.308. The molecule has 0 radical (unpaired) electrons. The molecule has 1 N–H and O–H groups in total. The largest absolute Gasteiger partial charge is 0.484 e. The molecule has 0 saturated heterocycles. The minimum absolute atomic E-state index is 0.0188. The number of benzene rings is 2. The number of halogens is 1. The molecule has 0 spiro atoms. The number of carbonyl (C=O) groups excluding carboxylic acids is 2. The van der Waals surface area contributed by atoms with E-state index in [1.165, 1.54) is 0 Å². The van der Waals surface area contributed by atoms with Crippen molar-refractivity contribution in [3.05, 3.63) is 58.1 Å². The van der Waals surface area contributed by atoms with E-state index in [2.05, 4.69) is 5.32 Å². The van der Waals surface area contributed by atoms with Crippen LogP contribution in [0.1, 0.15) is 35.3 Å². The van der Waals surface area contributed by atoms with Crippen LogP contribution >= 0.6 is 11.6 Å². The average Bonchev–Trinajstić information content (AvgIpc) is 2.65. The number of nitrogens with zero attached hydrogens (tertiary/aromatic N) is 1. The average molecular weight is 389 g/mol. The van der Waals surface area contributed by atoms with E-state index in [4.69, 9.17) is 16.3 Å². The molecule has 0 fully saturated rings. The van der Waals surface area contributed by atoms with Crippen molar-refractivity contribution in [2.75, 3.05) is 25.0 Å². The molecule has 2 aromatic carbocycles. The third-order valence-electron chi connectivity index (χ3n) is 4.25. The predicted molar refractivity (Wildman–Crippen MR) is 109 cm³/mol. The Labute approximate surface area is 165 Å². The number of aryl methyl sites for hydroxylation is 2. The minimum Gasteiger partial charge on any atom is -0.484 e. The lowest BCUT2D eigenvalue weighted by atomic mass is 10.1. The van der Waals surface area contributed by atoms with Crippen LogP contribution < -0.4 is 10.1 Å². The normalized spacial score (nSPS) is 10.4. The number of rotatable bonds is 7. The molecule has 144 valence electrons. The summed E-state index contributed by atoms with van der Waals surface area (Å²) < 4.78 is 5.55. The Morgan fingerprint density at radius 2 is 1.59 bits per heavy atom. The van der Waals surface area contributed by atoms with Gasteiger partial charge in [0.15, 0.2) is 6.61 Å². The van der Waals surface area contributed by atoms with E-state index in [0.717, 1.165) is 11.1 Å². The molecule has 0 aromatic heterocycles. The van der Waals surface area contributed by atoms with Gasteiger partial charge in [-0.1, -0.05) is 11.6 Å². The number of hydrogen-bond donors (Lipinski definition) is 1. The molecule has 2 amide bonds. The number of carbonyl (C=O) groups is 2. The molecule has 5 nitrogen and oxygen atoms in total. The molecule has 2 aromatic rings. The summed E-state index contributed by atoms with van der Waals surface area (Å²) in [6.07, 6.45) is 0. The van der Waals surface area contributed by atoms with Gasteiger partial charge >= 0.3 is 0 Å². The Balaban J connectivity index is 1.93. The molecule has 0 heterocycles. The SMILES string of the molecule is CCN(CC)C(=O)c1ccc(NC(=O)COc2cc(C)c(Cl)c(C)c2)cc1. The maximum absolute atomic E-state index is 12.3. The van der Waals surface area contributed by atoms with E-state index in [1.807, 2.05) is 27.7 Å². The van der Waals surface area contributed by atoms with Crippen molar-refractivity contribution in [3.8, 4) is 5.75 Å². The Kier molecular flexibility index (Phi) is 7.25. The second kappa shape index (κ2) is 9.42. The summed E-state index contributed by atoms with van der Waals surface area (Å²) in [5.41, 5.74) is 3.02. The number of nitrogens with one attached hydrogen (secondary N) is 1. The van der Waals surface area contributed by atoms with Gasteiger partial charge in [-0.25, -0.2) is 0 Å². The lowest BCUT2D eigenvalue weighted by molar-refractivity contribution is -0.118. The summed E-state index contributed by atoms with van der Waals surface area (Å²) in [5, 5.41) is 3.46. The van der Waals surface area contributed by atoms with Crippen LogP contribution in [0.25, 0.3) is 0 Å². The van der Waals surface area contributed by atoms with Gasteiger partial charge in [0.1, 0.15) is 5.75 Å². The van der Waals surface area contributed by atoms with E-state index in [0.29, 0.717) is 35.1 Å². The van der Waals surface area contributed by atoms with Crippen LogP contribution in [0.4, 0.5) is 5.69 Å². The first-order valence-corrected chi connectivity index (χ1v) is 9.32. The zero-order valence-corrected chi connectivity index (χ0v) is 16.9. The highest BCUT2D eigenvalue weighted by Crippen LogP contribution is 2.25. The Bertz CT molecular complexity index is 792. The fourth-order valence-electron chi connectivity index (χ4n) is 2.72. The lowest BCUT2D eigenvalue weighted by Crippen LogP contribution is -2.30. The van der Waals surface area contributed by atoms with Crippen LogP contribution in [0.5, 0.6) is 5.75 Å². The zero-order chi connectivity index (χ0) is 20.0. The molecular weight excluding hydrogens is 364 g/mol. The molecule has 0 saturated carbocycles. The van der Waals surface area contributed by atoms with Crippen LogP contribution in [-0.4, -0.2) is 36.4 Å². The van der Waals surface area contributed by atoms with Crippen LogP contribution in [0.2, 0.25) is 5.02 Å². The van der Waals surface area contributed by atoms with E-state index >= 15 is 0 Å². The summed E-state index contributed by atoms with van der Waals surface area (Å²) in [4.78, 5) is 26.1. The standard InChI is InChI=1S/C21H25ClN2O3/c1-5-24(6-2)21(26)16-7-9-17(10-8-16)23-19(25)13-27-18-11-14(3)20(22)15(4)12-18/h7-12H,5-6,13H2,1-4H3,(H,23,25). The zero-order valence-electron chi connectivity index (χ0n) is 16.1. The van der Waals surface area contributed by atoms with Gasteiger partial charge in [0.25, 0.3) is 11.8 Å². The number of ether oxygens (including phenoxy) is 1. The van der Waals surface area contributed by atoms with Crippen LogP contribution in [0.15, 0.2) is 36.4 Å².